The second-order valence-corrected chi connectivity index (χ2v) is 2.94. The number of nitrogens with zero attached hydrogens (tertiary/aromatic N) is 2. The maximum absolute atomic E-state index is 10.4. The Hall–Kier alpha value is -1.56. The molecular weight excluding hydrogens is 206 g/mol. The summed E-state index contributed by atoms with van der Waals surface area (Å²) >= 11 is 5.78. The Labute approximate surface area is 85.7 Å². The molecule has 0 saturated heterocycles. The zero-order chi connectivity index (χ0) is 10.6. The van der Waals surface area contributed by atoms with Crippen molar-refractivity contribution in [2.24, 2.45) is 5.73 Å². The predicted octanol–water partition coefficient (Wildman–Crippen LogP) is -0.000500. The van der Waals surface area contributed by atoms with Gasteiger partial charge in [0.2, 0.25) is 5.91 Å². The molecule has 1 amide bonds. The van der Waals surface area contributed by atoms with Crippen molar-refractivity contribution in [1.29, 1.82) is 0 Å². The van der Waals surface area contributed by atoms with Gasteiger partial charge in [-0.15, -0.1) is 0 Å². The fraction of sp³-hybridized carbons (Fsp3) is 0.286. The molecule has 0 aliphatic rings. The molecule has 76 valence electrons. The van der Waals surface area contributed by atoms with Gasteiger partial charge in [-0.3, -0.25) is 4.79 Å². The van der Waals surface area contributed by atoms with Crippen LogP contribution in [0.2, 0.25) is 5.02 Å². The number of carbonyl (C=O) groups excluding carboxylic acids is 1. The van der Waals surface area contributed by atoms with Gasteiger partial charge in [0.15, 0.2) is 0 Å². The average Bonchev–Trinajstić information content (AvgIpc) is 2.12. The van der Waals surface area contributed by atoms with Crippen LogP contribution in [0, 0.1) is 0 Å². The molecule has 1 heterocycles. The molecule has 6 nitrogen and oxygen atoms in total. The maximum atomic E-state index is 10.4. The number of nitrogens with one attached hydrogen (secondary N) is 1. The van der Waals surface area contributed by atoms with Crippen molar-refractivity contribution in [2.75, 3.05) is 17.6 Å². The molecule has 7 heteroatoms. The zero-order valence-corrected chi connectivity index (χ0v) is 8.08. The van der Waals surface area contributed by atoms with E-state index >= 15 is 0 Å². The van der Waals surface area contributed by atoms with Gasteiger partial charge in [-0.1, -0.05) is 11.6 Å². The van der Waals surface area contributed by atoms with E-state index in [1.54, 1.807) is 0 Å². The molecule has 14 heavy (non-hydrogen) atoms. The third-order valence-corrected chi connectivity index (χ3v) is 1.85. The van der Waals surface area contributed by atoms with Crippen molar-refractivity contribution in [2.45, 2.75) is 6.42 Å². The number of hydrogen-bond donors (Lipinski definition) is 3. The van der Waals surface area contributed by atoms with Gasteiger partial charge in [0.05, 0.1) is 0 Å². The number of aromatic nitrogens is 2. The van der Waals surface area contributed by atoms with Crippen molar-refractivity contribution >= 4 is 29.1 Å². The van der Waals surface area contributed by atoms with E-state index in [1.165, 1.54) is 6.33 Å². The minimum absolute atomic E-state index is 0.197. The fourth-order valence-electron chi connectivity index (χ4n) is 0.811. The highest BCUT2D eigenvalue weighted by Gasteiger charge is 2.05. The molecule has 0 spiro atoms. The lowest BCUT2D eigenvalue weighted by Gasteiger charge is -2.06. The van der Waals surface area contributed by atoms with Crippen molar-refractivity contribution in [3.63, 3.8) is 0 Å². The van der Waals surface area contributed by atoms with Crippen LogP contribution < -0.4 is 16.8 Å². The first-order valence-electron chi connectivity index (χ1n) is 3.89. The quantitative estimate of drug-likeness (QED) is 0.655. The van der Waals surface area contributed by atoms with Gasteiger partial charge < -0.3 is 16.8 Å². The summed E-state index contributed by atoms with van der Waals surface area (Å²) in [6, 6.07) is 0. The van der Waals surface area contributed by atoms with Crippen LogP contribution >= 0.6 is 11.6 Å². The monoisotopic (exact) mass is 215 g/mol. The Bertz CT molecular complexity index is 343. The molecule has 5 N–H and O–H groups in total. The molecule has 0 bridgehead atoms. The largest absolute Gasteiger partial charge is 0.382 e. The average molecular weight is 216 g/mol. The van der Waals surface area contributed by atoms with Crippen LogP contribution in [0.25, 0.3) is 0 Å². The lowest BCUT2D eigenvalue weighted by molar-refractivity contribution is -0.117. The van der Waals surface area contributed by atoms with Gasteiger partial charge >= 0.3 is 0 Å². The number of primary amides is 1. The Morgan fingerprint density at radius 3 is 2.93 bits per heavy atom. The number of nitrogens with two attached hydrogens (primary N) is 2. The smallest absolute Gasteiger partial charge is 0.219 e. The van der Waals surface area contributed by atoms with Crippen LogP contribution in [0.3, 0.4) is 0 Å². The van der Waals surface area contributed by atoms with E-state index in [9.17, 15) is 4.79 Å². The minimum Gasteiger partial charge on any atom is -0.382 e. The molecule has 0 fully saturated rings. The van der Waals surface area contributed by atoms with Crippen LogP contribution in [-0.2, 0) is 4.79 Å². The second kappa shape index (κ2) is 4.61. The first kappa shape index (κ1) is 10.5. The molecule has 1 aromatic heterocycles. The van der Waals surface area contributed by atoms with Crippen LogP contribution in [0.15, 0.2) is 6.33 Å². The molecule has 1 aromatic rings. The Kier molecular flexibility index (Phi) is 3.47. The molecule has 0 unspecified atom stereocenters. The van der Waals surface area contributed by atoms with Crippen molar-refractivity contribution in [3.8, 4) is 0 Å². The highest BCUT2D eigenvalue weighted by Crippen LogP contribution is 2.22. The molecule has 0 saturated carbocycles. The number of halogens is 1. The van der Waals surface area contributed by atoms with Crippen molar-refractivity contribution in [1.82, 2.24) is 9.97 Å². The van der Waals surface area contributed by atoms with Crippen LogP contribution in [0.4, 0.5) is 11.6 Å². The maximum Gasteiger partial charge on any atom is 0.219 e. The number of rotatable bonds is 4. The molecule has 1 rings (SSSR count). The predicted molar refractivity (Wildman–Crippen MR) is 53.8 cm³/mol. The molecule has 0 aromatic carbocycles. The van der Waals surface area contributed by atoms with Gasteiger partial charge in [0, 0.05) is 13.0 Å². The molecule has 0 aliphatic heterocycles. The number of nitrogen functional groups attached to an aromatic ring is 1. The van der Waals surface area contributed by atoms with Gasteiger partial charge in [-0.2, -0.15) is 0 Å². The second-order valence-electron chi connectivity index (χ2n) is 2.56. The summed E-state index contributed by atoms with van der Waals surface area (Å²) in [4.78, 5) is 18.0. The summed E-state index contributed by atoms with van der Waals surface area (Å²) in [5, 5.41) is 3.07. The first-order chi connectivity index (χ1) is 6.61. The summed E-state index contributed by atoms with van der Waals surface area (Å²) in [6.45, 7) is 0.367. The third kappa shape index (κ3) is 2.74. The van der Waals surface area contributed by atoms with Crippen LogP contribution in [0.1, 0.15) is 6.42 Å². The summed E-state index contributed by atoms with van der Waals surface area (Å²) in [5.74, 6) is 0.208. The Morgan fingerprint density at radius 1 is 1.57 bits per heavy atom. The normalized spacial score (nSPS) is 9.79. The van der Waals surface area contributed by atoms with Crippen molar-refractivity contribution < 1.29 is 4.79 Å². The lowest BCUT2D eigenvalue weighted by atomic mass is 10.4. The highest BCUT2D eigenvalue weighted by atomic mass is 35.5. The van der Waals surface area contributed by atoms with E-state index in [0.717, 1.165) is 0 Å². The number of amides is 1. The van der Waals surface area contributed by atoms with E-state index in [2.05, 4.69) is 15.3 Å². The summed E-state index contributed by atoms with van der Waals surface area (Å²) in [6.07, 6.45) is 1.49. The SMILES string of the molecule is NC(=O)CCNc1ncnc(N)c1Cl. The van der Waals surface area contributed by atoms with Crippen LogP contribution in [0.5, 0.6) is 0 Å². The van der Waals surface area contributed by atoms with Crippen molar-refractivity contribution in [3.05, 3.63) is 11.3 Å². The molecule has 0 radical (unpaired) electrons. The van der Waals surface area contributed by atoms with E-state index in [4.69, 9.17) is 23.1 Å². The lowest BCUT2D eigenvalue weighted by Crippen LogP contribution is -2.16. The Balaban J connectivity index is 2.59. The van der Waals surface area contributed by atoms with Gasteiger partial charge in [0.25, 0.3) is 0 Å². The third-order valence-electron chi connectivity index (χ3n) is 1.48. The molecule has 0 atom stereocenters. The fourth-order valence-corrected chi connectivity index (χ4v) is 0.975. The van der Waals surface area contributed by atoms with Gasteiger partial charge in [-0.05, 0) is 0 Å². The van der Waals surface area contributed by atoms with E-state index in [0.29, 0.717) is 12.4 Å². The number of hydrogen-bond acceptors (Lipinski definition) is 5. The standard InChI is InChI=1S/C7H10ClN5O/c8-5-6(10)12-3-13-7(5)11-2-1-4(9)14/h3H,1-2H2,(H2,9,14)(H3,10,11,12,13). The summed E-state index contributed by atoms with van der Waals surface area (Å²) < 4.78 is 0. The molecule has 0 aliphatic carbocycles. The molecular formula is C7H10ClN5O. The Morgan fingerprint density at radius 2 is 2.29 bits per heavy atom. The number of anilines is 2. The van der Waals surface area contributed by atoms with E-state index in [-0.39, 0.29) is 17.3 Å². The van der Waals surface area contributed by atoms with Gasteiger partial charge in [-0.25, -0.2) is 9.97 Å². The van der Waals surface area contributed by atoms with E-state index < -0.39 is 5.91 Å². The summed E-state index contributed by atoms with van der Waals surface area (Å²) in [5.41, 5.74) is 10.4. The number of carbonyl (C=O) groups is 1. The highest BCUT2D eigenvalue weighted by molar-refractivity contribution is 6.35. The van der Waals surface area contributed by atoms with Crippen LogP contribution in [-0.4, -0.2) is 22.4 Å². The topological polar surface area (TPSA) is 107 Å². The summed E-state index contributed by atoms with van der Waals surface area (Å²) in [7, 11) is 0. The first-order valence-corrected chi connectivity index (χ1v) is 4.27. The van der Waals surface area contributed by atoms with Gasteiger partial charge in [0.1, 0.15) is 23.0 Å². The zero-order valence-electron chi connectivity index (χ0n) is 7.33. The van der Waals surface area contributed by atoms with E-state index in [1.807, 2.05) is 0 Å². The minimum atomic E-state index is -0.393.